The standard InChI is InChI=1S/C6H10N2O2S/c1-5-7-3-2-4-8(5)6(9)10-11/h11H,2-4H2,1H3. The number of rotatable bonds is 0. The van der Waals surface area contributed by atoms with Gasteiger partial charge < -0.3 is 4.18 Å². The van der Waals surface area contributed by atoms with Gasteiger partial charge in [0, 0.05) is 26.0 Å². The molecule has 0 aliphatic carbocycles. The topological polar surface area (TPSA) is 41.9 Å². The highest BCUT2D eigenvalue weighted by Gasteiger charge is 2.18. The maximum Gasteiger partial charge on any atom is 0.427 e. The van der Waals surface area contributed by atoms with Crippen LogP contribution in [0.3, 0.4) is 0 Å². The van der Waals surface area contributed by atoms with Crippen LogP contribution in [0.5, 0.6) is 0 Å². The molecule has 0 radical (unpaired) electrons. The molecule has 11 heavy (non-hydrogen) atoms. The molecule has 1 rings (SSSR count). The lowest BCUT2D eigenvalue weighted by molar-refractivity contribution is 0.183. The normalized spacial score (nSPS) is 17.6. The second-order valence-corrected chi connectivity index (χ2v) is 2.47. The summed E-state index contributed by atoms with van der Waals surface area (Å²) in [6, 6.07) is 0. The fourth-order valence-electron chi connectivity index (χ4n) is 0.990. The van der Waals surface area contributed by atoms with Crippen molar-refractivity contribution in [3.05, 3.63) is 0 Å². The minimum Gasteiger partial charge on any atom is -0.378 e. The van der Waals surface area contributed by atoms with Gasteiger partial charge in [-0.2, -0.15) is 0 Å². The van der Waals surface area contributed by atoms with Crippen molar-refractivity contribution >= 4 is 24.8 Å². The van der Waals surface area contributed by atoms with E-state index in [1.54, 1.807) is 6.92 Å². The Labute approximate surface area is 70.9 Å². The number of hydrogen-bond acceptors (Lipinski definition) is 4. The first-order chi connectivity index (χ1) is 5.25. The molecule has 0 aromatic carbocycles. The van der Waals surface area contributed by atoms with Crippen LogP contribution in [0.1, 0.15) is 13.3 Å². The molecule has 62 valence electrons. The van der Waals surface area contributed by atoms with Crippen LogP contribution >= 0.6 is 12.9 Å². The van der Waals surface area contributed by atoms with E-state index >= 15 is 0 Å². The van der Waals surface area contributed by atoms with Crippen molar-refractivity contribution in [3.63, 3.8) is 0 Å². The third-order valence-corrected chi connectivity index (χ3v) is 1.73. The van der Waals surface area contributed by atoms with Crippen molar-refractivity contribution in [2.75, 3.05) is 13.1 Å². The number of amidine groups is 1. The van der Waals surface area contributed by atoms with Gasteiger partial charge in [0.05, 0.1) is 0 Å². The van der Waals surface area contributed by atoms with Crippen LogP contribution < -0.4 is 0 Å². The maximum atomic E-state index is 10.9. The van der Waals surface area contributed by atoms with E-state index in [0.717, 1.165) is 13.0 Å². The molecule has 5 heteroatoms. The Morgan fingerprint density at radius 3 is 3.09 bits per heavy atom. The van der Waals surface area contributed by atoms with Crippen molar-refractivity contribution in [2.24, 2.45) is 4.99 Å². The van der Waals surface area contributed by atoms with E-state index in [2.05, 4.69) is 22.1 Å². The summed E-state index contributed by atoms with van der Waals surface area (Å²) < 4.78 is 4.26. The summed E-state index contributed by atoms with van der Waals surface area (Å²) in [5, 5.41) is 0. The van der Waals surface area contributed by atoms with Crippen molar-refractivity contribution < 1.29 is 8.98 Å². The van der Waals surface area contributed by atoms with Crippen LogP contribution in [0.4, 0.5) is 4.79 Å². The number of carbonyl (C=O) groups excluding carboxylic acids is 1. The highest BCUT2D eigenvalue weighted by molar-refractivity contribution is 7.75. The molecule has 0 bridgehead atoms. The molecule has 0 aromatic rings. The molecule has 1 aliphatic heterocycles. The summed E-state index contributed by atoms with van der Waals surface area (Å²) in [4.78, 5) is 16.5. The van der Waals surface area contributed by atoms with Gasteiger partial charge in [-0.25, -0.2) is 4.79 Å². The first kappa shape index (κ1) is 8.39. The molecule has 1 amide bonds. The van der Waals surface area contributed by atoms with Crippen molar-refractivity contribution in [2.45, 2.75) is 13.3 Å². The van der Waals surface area contributed by atoms with Gasteiger partial charge in [-0.15, -0.1) is 0 Å². The second-order valence-electron chi connectivity index (χ2n) is 2.29. The van der Waals surface area contributed by atoms with Crippen LogP contribution in [0.15, 0.2) is 4.99 Å². The highest BCUT2D eigenvalue weighted by Crippen LogP contribution is 2.05. The van der Waals surface area contributed by atoms with Gasteiger partial charge in [0.2, 0.25) is 0 Å². The van der Waals surface area contributed by atoms with Crippen molar-refractivity contribution in [1.29, 1.82) is 0 Å². The van der Waals surface area contributed by atoms with Gasteiger partial charge >= 0.3 is 6.09 Å². The fourth-order valence-corrected chi connectivity index (χ4v) is 1.09. The van der Waals surface area contributed by atoms with E-state index in [9.17, 15) is 4.79 Å². The minimum atomic E-state index is -0.450. The summed E-state index contributed by atoms with van der Waals surface area (Å²) in [7, 11) is 0. The molecular weight excluding hydrogens is 164 g/mol. The lowest BCUT2D eigenvalue weighted by Crippen LogP contribution is -2.38. The molecule has 0 fully saturated rings. The molecule has 0 spiro atoms. The zero-order valence-electron chi connectivity index (χ0n) is 6.28. The molecular formula is C6H10N2O2S. The van der Waals surface area contributed by atoms with Gasteiger partial charge in [0.15, 0.2) is 0 Å². The Morgan fingerprint density at radius 1 is 1.82 bits per heavy atom. The number of thiol groups is 1. The molecule has 0 N–H and O–H groups in total. The SMILES string of the molecule is CC1=NCCCN1C(=O)OS. The van der Waals surface area contributed by atoms with Gasteiger partial charge in [0.25, 0.3) is 0 Å². The van der Waals surface area contributed by atoms with Crippen LogP contribution in [0.2, 0.25) is 0 Å². The predicted octanol–water partition coefficient (Wildman–Crippen LogP) is 1.09. The van der Waals surface area contributed by atoms with Gasteiger partial charge in [0.1, 0.15) is 5.84 Å². The molecule has 1 heterocycles. The number of carbonyl (C=O) groups is 1. The quantitative estimate of drug-likeness (QED) is 0.441. The Balaban J connectivity index is 2.63. The van der Waals surface area contributed by atoms with E-state index in [4.69, 9.17) is 0 Å². The Morgan fingerprint density at radius 2 is 2.55 bits per heavy atom. The molecule has 0 aromatic heterocycles. The Hall–Kier alpha value is -0.710. The molecule has 1 aliphatic rings. The number of aliphatic imine (C=N–C) groups is 1. The van der Waals surface area contributed by atoms with Crippen LogP contribution in [0, 0.1) is 0 Å². The zero-order valence-corrected chi connectivity index (χ0v) is 7.17. The molecule has 0 saturated carbocycles. The van der Waals surface area contributed by atoms with E-state index in [-0.39, 0.29) is 0 Å². The summed E-state index contributed by atoms with van der Waals surface area (Å²) in [5.74, 6) is 0.704. The van der Waals surface area contributed by atoms with Gasteiger partial charge in [-0.1, -0.05) is 0 Å². The van der Waals surface area contributed by atoms with Crippen molar-refractivity contribution in [1.82, 2.24) is 4.90 Å². The largest absolute Gasteiger partial charge is 0.427 e. The summed E-state index contributed by atoms with van der Waals surface area (Å²) >= 11 is 3.42. The fraction of sp³-hybridized carbons (Fsp3) is 0.667. The summed E-state index contributed by atoms with van der Waals surface area (Å²) in [6.45, 7) is 3.25. The molecule has 0 atom stereocenters. The maximum absolute atomic E-state index is 10.9. The Kier molecular flexibility index (Phi) is 2.76. The molecule has 0 unspecified atom stereocenters. The zero-order chi connectivity index (χ0) is 8.27. The van der Waals surface area contributed by atoms with Crippen molar-refractivity contribution in [3.8, 4) is 0 Å². The number of amides is 1. The van der Waals surface area contributed by atoms with E-state index in [1.807, 2.05) is 0 Å². The first-order valence-corrected chi connectivity index (χ1v) is 3.76. The van der Waals surface area contributed by atoms with Gasteiger partial charge in [-0.05, 0) is 13.3 Å². The predicted molar refractivity (Wildman–Crippen MR) is 44.8 cm³/mol. The first-order valence-electron chi connectivity index (χ1n) is 3.39. The van der Waals surface area contributed by atoms with Crippen LogP contribution in [-0.4, -0.2) is 29.9 Å². The summed E-state index contributed by atoms with van der Waals surface area (Å²) in [5.41, 5.74) is 0. The van der Waals surface area contributed by atoms with E-state index in [0.29, 0.717) is 12.4 Å². The van der Waals surface area contributed by atoms with E-state index in [1.165, 1.54) is 4.90 Å². The van der Waals surface area contributed by atoms with Crippen LogP contribution in [-0.2, 0) is 4.18 Å². The number of hydrogen-bond donors (Lipinski definition) is 1. The average molecular weight is 174 g/mol. The van der Waals surface area contributed by atoms with Gasteiger partial charge in [-0.3, -0.25) is 9.89 Å². The Bertz CT molecular complexity index is 193. The smallest absolute Gasteiger partial charge is 0.378 e. The second kappa shape index (κ2) is 3.61. The third kappa shape index (κ3) is 1.86. The molecule has 0 saturated heterocycles. The highest BCUT2D eigenvalue weighted by atomic mass is 32.1. The van der Waals surface area contributed by atoms with E-state index < -0.39 is 6.09 Å². The lowest BCUT2D eigenvalue weighted by atomic mass is 10.3. The lowest BCUT2D eigenvalue weighted by Gasteiger charge is -2.22. The van der Waals surface area contributed by atoms with Crippen LogP contribution in [0.25, 0.3) is 0 Å². The third-order valence-electron chi connectivity index (χ3n) is 1.57. The monoisotopic (exact) mass is 174 g/mol. The average Bonchev–Trinajstić information content (AvgIpc) is 2.04. The molecule has 4 nitrogen and oxygen atoms in total. The minimum absolute atomic E-state index is 0.450. The summed E-state index contributed by atoms with van der Waals surface area (Å²) in [6.07, 6.45) is 0.439. The number of nitrogens with zero attached hydrogens (tertiary/aromatic N) is 2.